The molecule has 1 aromatic heterocycles. The molecule has 0 aliphatic carbocycles. The van der Waals surface area contributed by atoms with Crippen molar-refractivity contribution < 1.29 is 23.5 Å². The SMILES string of the molecule is O=C(Cl)c1ccc(COc2cccc(CN(C(=O)O[C@H]3CN4CCC3CC4)c3ccccc3)c2)o1. The lowest BCUT2D eigenvalue weighted by Gasteiger charge is -2.44. The van der Waals surface area contributed by atoms with Gasteiger partial charge < -0.3 is 13.9 Å². The fourth-order valence-electron chi connectivity index (χ4n) is 4.74. The van der Waals surface area contributed by atoms with Gasteiger partial charge in [0.1, 0.15) is 24.2 Å². The molecule has 1 amide bonds. The highest BCUT2D eigenvalue weighted by molar-refractivity contribution is 6.67. The first-order chi connectivity index (χ1) is 17.0. The summed E-state index contributed by atoms with van der Waals surface area (Å²) in [6.07, 6.45) is 1.76. The first kappa shape index (κ1) is 23.5. The lowest BCUT2D eigenvalue weighted by atomic mass is 9.86. The highest BCUT2D eigenvalue weighted by Gasteiger charge is 2.37. The third-order valence-corrected chi connectivity index (χ3v) is 6.80. The molecule has 8 heteroatoms. The maximum absolute atomic E-state index is 13.3. The first-order valence-electron chi connectivity index (χ1n) is 11.8. The smallest absolute Gasteiger partial charge is 0.414 e. The summed E-state index contributed by atoms with van der Waals surface area (Å²) in [6, 6.07) is 20.3. The van der Waals surface area contributed by atoms with E-state index in [1.165, 1.54) is 6.07 Å². The zero-order valence-corrected chi connectivity index (χ0v) is 20.0. The third-order valence-electron chi connectivity index (χ3n) is 6.61. The molecule has 0 saturated carbocycles. The second kappa shape index (κ2) is 10.5. The zero-order valence-electron chi connectivity index (χ0n) is 19.3. The first-order valence-corrected chi connectivity index (χ1v) is 12.2. The van der Waals surface area contributed by atoms with Crippen LogP contribution in [0.15, 0.2) is 71.1 Å². The van der Waals surface area contributed by atoms with Crippen LogP contribution in [-0.4, -0.2) is 42.0 Å². The molecule has 3 aliphatic heterocycles. The number of piperidine rings is 3. The van der Waals surface area contributed by atoms with Crippen molar-refractivity contribution in [3.05, 3.63) is 83.8 Å². The zero-order chi connectivity index (χ0) is 24.2. The highest BCUT2D eigenvalue weighted by atomic mass is 35.5. The van der Waals surface area contributed by atoms with Crippen molar-refractivity contribution in [2.45, 2.75) is 32.1 Å². The Morgan fingerprint density at radius 3 is 2.51 bits per heavy atom. The molecule has 7 nitrogen and oxygen atoms in total. The van der Waals surface area contributed by atoms with E-state index >= 15 is 0 Å². The summed E-state index contributed by atoms with van der Waals surface area (Å²) in [4.78, 5) is 28.6. The average Bonchev–Trinajstić information content (AvgIpc) is 3.37. The van der Waals surface area contributed by atoms with Gasteiger partial charge in [-0.3, -0.25) is 14.6 Å². The van der Waals surface area contributed by atoms with Gasteiger partial charge in [-0.25, -0.2) is 4.79 Å². The number of rotatable bonds is 8. The number of amides is 1. The molecule has 2 aromatic carbocycles. The van der Waals surface area contributed by atoms with Gasteiger partial charge >= 0.3 is 6.09 Å². The van der Waals surface area contributed by atoms with E-state index in [1.54, 1.807) is 11.0 Å². The molecule has 2 bridgehead atoms. The number of carbonyl (C=O) groups is 2. The number of anilines is 1. The highest BCUT2D eigenvalue weighted by Crippen LogP contribution is 2.31. The molecule has 182 valence electrons. The fraction of sp³-hybridized carbons (Fsp3) is 0.333. The van der Waals surface area contributed by atoms with Crippen LogP contribution in [0.25, 0.3) is 0 Å². The molecular weight excluding hydrogens is 468 g/mol. The van der Waals surface area contributed by atoms with Crippen LogP contribution in [0, 0.1) is 5.92 Å². The van der Waals surface area contributed by atoms with Gasteiger partial charge in [0.05, 0.1) is 6.54 Å². The molecule has 0 unspecified atom stereocenters. The Labute approximate surface area is 209 Å². The van der Waals surface area contributed by atoms with Crippen molar-refractivity contribution in [2.75, 3.05) is 24.5 Å². The number of furan rings is 1. The van der Waals surface area contributed by atoms with E-state index < -0.39 is 5.24 Å². The Balaban J connectivity index is 1.28. The fourth-order valence-corrected chi connectivity index (χ4v) is 4.84. The van der Waals surface area contributed by atoms with Crippen LogP contribution in [0.1, 0.15) is 34.7 Å². The molecular formula is C27H27ClN2O5. The average molecular weight is 495 g/mol. The van der Waals surface area contributed by atoms with E-state index in [9.17, 15) is 9.59 Å². The van der Waals surface area contributed by atoms with Crippen LogP contribution in [0.5, 0.6) is 5.75 Å². The van der Waals surface area contributed by atoms with E-state index in [0.29, 0.717) is 24.0 Å². The van der Waals surface area contributed by atoms with Crippen molar-refractivity contribution in [3.63, 3.8) is 0 Å². The van der Waals surface area contributed by atoms with E-state index in [2.05, 4.69) is 4.90 Å². The Kier molecular flexibility index (Phi) is 7.06. The molecule has 1 atom stereocenters. The molecule has 3 aromatic rings. The lowest BCUT2D eigenvalue weighted by molar-refractivity contribution is -0.0311. The minimum absolute atomic E-state index is 0.0658. The number of ether oxygens (including phenoxy) is 2. The number of benzene rings is 2. The molecule has 0 radical (unpaired) electrons. The number of carbonyl (C=O) groups excluding carboxylic acids is 2. The number of hydrogen-bond acceptors (Lipinski definition) is 6. The van der Waals surface area contributed by atoms with Crippen LogP contribution in [-0.2, 0) is 17.9 Å². The predicted molar refractivity (Wildman–Crippen MR) is 132 cm³/mol. The Morgan fingerprint density at radius 2 is 1.83 bits per heavy atom. The quantitative estimate of drug-likeness (QED) is 0.386. The van der Waals surface area contributed by atoms with Gasteiger partial charge in [0, 0.05) is 12.2 Å². The topological polar surface area (TPSA) is 72.2 Å². The summed E-state index contributed by atoms with van der Waals surface area (Å²) in [5, 5.41) is -0.649. The minimum Gasteiger partial charge on any atom is -0.486 e. The summed E-state index contributed by atoms with van der Waals surface area (Å²) in [5.74, 6) is 1.64. The van der Waals surface area contributed by atoms with Gasteiger partial charge in [-0.15, -0.1) is 0 Å². The monoisotopic (exact) mass is 494 g/mol. The van der Waals surface area contributed by atoms with Gasteiger partial charge in [-0.2, -0.15) is 0 Å². The van der Waals surface area contributed by atoms with Gasteiger partial charge in [0.15, 0.2) is 5.76 Å². The van der Waals surface area contributed by atoms with Gasteiger partial charge in [-0.05, 0) is 85.4 Å². The molecule has 3 aliphatic rings. The largest absolute Gasteiger partial charge is 0.486 e. The van der Waals surface area contributed by atoms with E-state index in [-0.39, 0.29) is 24.6 Å². The summed E-state index contributed by atoms with van der Waals surface area (Å²) < 4.78 is 17.2. The van der Waals surface area contributed by atoms with Crippen molar-refractivity contribution in [1.29, 1.82) is 0 Å². The van der Waals surface area contributed by atoms with E-state index in [4.69, 9.17) is 25.5 Å². The van der Waals surface area contributed by atoms with E-state index in [1.807, 2.05) is 54.6 Å². The molecule has 3 fully saturated rings. The lowest BCUT2D eigenvalue weighted by Crippen LogP contribution is -2.53. The van der Waals surface area contributed by atoms with Gasteiger partial charge in [0.2, 0.25) is 0 Å². The Hall–Kier alpha value is -3.29. The number of para-hydroxylation sites is 1. The number of hydrogen-bond donors (Lipinski definition) is 0. The molecule has 6 rings (SSSR count). The maximum atomic E-state index is 13.3. The van der Waals surface area contributed by atoms with E-state index in [0.717, 1.165) is 43.7 Å². The summed E-state index contributed by atoms with van der Waals surface area (Å²) in [7, 11) is 0. The predicted octanol–water partition coefficient (Wildman–Crippen LogP) is 5.48. The van der Waals surface area contributed by atoms with Crippen LogP contribution < -0.4 is 9.64 Å². The van der Waals surface area contributed by atoms with Crippen LogP contribution >= 0.6 is 11.6 Å². The Bertz CT molecular complexity index is 1170. The van der Waals surface area contributed by atoms with Gasteiger partial charge in [0.25, 0.3) is 5.24 Å². The van der Waals surface area contributed by atoms with Crippen LogP contribution in [0.3, 0.4) is 0 Å². The van der Waals surface area contributed by atoms with Crippen molar-refractivity contribution in [3.8, 4) is 5.75 Å². The van der Waals surface area contributed by atoms with Crippen molar-refractivity contribution in [2.24, 2.45) is 5.92 Å². The summed E-state index contributed by atoms with van der Waals surface area (Å²) in [6.45, 7) is 3.49. The molecule has 4 heterocycles. The van der Waals surface area contributed by atoms with Crippen LogP contribution in [0.2, 0.25) is 0 Å². The second-order valence-corrected chi connectivity index (χ2v) is 9.30. The van der Waals surface area contributed by atoms with Crippen molar-refractivity contribution in [1.82, 2.24) is 4.90 Å². The van der Waals surface area contributed by atoms with Crippen molar-refractivity contribution >= 4 is 28.6 Å². The maximum Gasteiger partial charge on any atom is 0.414 e. The molecule has 3 saturated heterocycles. The minimum atomic E-state index is -0.649. The molecule has 35 heavy (non-hydrogen) atoms. The normalized spacial score (nSPS) is 20.9. The third kappa shape index (κ3) is 5.69. The summed E-state index contributed by atoms with van der Waals surface area (Å²) in [5.41, 5.74) is 1.67. The number of nitrogens with zero attached hydrogens (tertiary/aromatic N) is 2. The molecule has 0 N–H and O–H groups in total. The molecule has 0 spiro atoms. The number of fused-ring (bicyclic) bond motifs is 3. The van der Waals surface area contributed by atoms with Gasteiger partial charge in [-0.1, -0.05) is 30.3 Å². The Morgan fingerprint density at radius 1 is 1.03 bits per heavy atom. The summed E-state index contributed by atoms with van der Waals surface area (Å²) >= 11 is 5.44. The number of halogens is 1. The second-order valence-electron chi connectivity index (χ2n) is 8.96. The van der Waals surface area contributed by atoms with Crippen LogP contribution in [0.4, 0.5) is 10.5 Å². The standard InChI is InChI=1S/C27H27ClN2O5/c28-26(31)24-10-9-23(34-24)18-33-22-8-4-5-19(15-22)16-30(21-6-2-1-3-7-21)27(32)35-25-17-29-13-11-20(25)12-14-29/h1-10,15,20,25H,11-14,16-18H2/t25-/m0/s1.